The van der Waals surface area contributed by atoms with Crippen LogP contribution in [-0.2, 0) is 4.74 Å². The Bertz CT molecular complexity index is 167. The molecule has 0 atom stereocenters. The number of hydrogen-bond donors (Lipinski definition) is 1. The van der Waals surface area contributed by atoms with Crippen molar-refractivity contribution in [3.63, 3.8) is 0 Å². The lowest BCUT2D eigenvalue weighted by molar-refractivity contribution is 0.00174. The van der Waals surface area contributed by atoms with Crippen molar-refractivity contribution in [2.45, 2.75) is 58.6 Å². The van der Waals surface area contributed by atoms with E-state index in [9.17, 15) is 0 Å². The van der Waals surface area contributed by atoms with Gasteiger partial charge in [-0.3, -0.25) is 4.90 Å². The lowest BCUT2D eigenvalue weighted by atomic mass is 10.0. The summed E-state index contributed by atoms with van der Waals surface area (Å²) in [5.74, 6) is 0. The SMILES string of the molecule is CCC(CC)N(CCO)CCC(C)(C)OC. The molecule has 0 fully saturated rings. The van der Waals surface area contributed by atoms with E-state index in [0.29, 0.717) is 6.04 Å². The minimum Gasteiger partial charge on any atom is -0.395 e. The minimum atomic E-state index is -0.0697. The summed E-state index contributed by atoms with van der Waals surface area (Å²) in [7, 11) is 1.76. The minimum absolute atomic E-state index is 0.0697. The fraction of sp³-hybridized carbons (Fsp3) is 1.00. The Labute approximate surface area is 101 Å². The molecular formula is C13H29NO2. The summed E-state index contributed by atoms with van der Waals surface area (Å²) in [6.45, 7) is 10.6. The summed E-state index contributed by atoms with van der Waals surface area (Å²) in [6.07, 6.45) is 3.29. The molecule has 0 aliphatic heterocycles. The summed E-state index contributed by atoms with van der Waals surface area (Å²) in [5.41, 5.74) is -0.0697. The highest BCUT2D eigenvalue weighted by molar-refractivity contribution is 4.74. The molecule has 16 heavy (non-hydrogen) atoms. The van der Waals surface area contributed by atoms with Crippen LogP contribution in [0.2, 0.25) is 0 Å². The van der Waals surface area contributed by atoms with Crippen molar-refractivity contribution < 1.29 is 9.84 Å². The molecule has 0 saturated carbocycles. The Kier molecular flexibility index (Phi) is 7.98. The second-order valence-corrected chi connectivity index (χ2v) is 4.94. The van der Waals surface area contributed by atoms with Gasteiger partial charge in [0.25, 0.3) is 0 Å². The van der Waals surface area contributed by atoms with Crippen LogP contribution in [0.3, 0.4) is 0 Å². The van der Waals surface area contributed by atoms with Crippen LogP contribution in [0.1, 0.15) is 47.0 Å². The van der Waals surface area contributed by atoms with E-state index in [4.69, 9.17) is 9.84 Å². The molecule has 0 bridgehead atoms. The van der Waals surface area contributed by atoms with E-state index in [1.165, 1.54) is 0 Å². The molecule has 0 aromatic heterocycles. The topological polar surface area (TPSA) is 32.7 Å². The second-order valence-electron chi connectivity index (χ2n) is 4.94. The van der Waals surface area contributed by atoms with Crippen LogP contribution in [0, 0.1) is 0 Å². The number of methoxy groups -OCH3 is 1. The highest BCUT2D eigenvalue weighted by Crippen LogP contribution is 2.16. The Morgan fingerprint density at radius 2 is 1.75 bits per heavy atom. The van der Waals surface area contributed by atoms with Gasteiger partial charge in [-0.25, -0.2) is 0 Å². The maximum Gasteiger partial charge on any atom is 0.0634 e. The highest BCUT2D eigenvalue weighted by Gasteiger charge is 2.20. The van der Waals surface area contributed by atoms with Crippen molar-refractivity contribution in [2.24, 2.45) is 0 Å². The molecule has 0 unspecified atom stereocenters. The van der Waals surface area contributed by atoms with Crippen molar-refractivity contribution in [3.8, 4) is 0 Å². The van der Waals surface area contributed by atoms with Crippen molar-refractivity contribution in [1.29, 1.82) is 0 Å². The third kappa shape index (κ3) is 5.83. The van der Waals surface area contributed by atoms with E-state index in [1.54, 1.807) is 7.11 Å². The molecule has 0 aliphatic rings. The standard InChI is InChI=1S/C13H29NO2/c1-6-12(7-2)14(10-11-15)9-8-13(3,4)16-5/h12,15H,6-11H2,1-5H3. The van der Waals surface area contributed by atoms with Gasteiger partial charge in [0.15, 0.2) is 0 Å². The zero-order chi connectivity index (χ0) is 12.6. The predicted octanol–water partition coefficient (Wildman–Crippen LogP) is 2.28. The van der Waals surface area contributed by atoms with E-state index < -0.39 is 0 Å². The van der Waals surface area contributed by atoms with Gasteiger partial charge in [0.05, 0.1) is 12.2 Å². The predicted molar refractivity (Wildman–Crippen MR) is 68.7 cm³/mol. The number of rotatable bonds is 9. The molecule has 0 amide bonds. The number of ether oxygens (including phenoxy) is 1. The van der Waals surface area contributed by atoms with E-state index in [-0.39, 0.29) is 12.2 Å². The van der Waals surface area contributed by atoms with E-state index >= 15 is 0 Å². The van der Waals surface area contributed by atoms with Crippen molar-refractivity contribution >= 4 is 0 Å². The second kappa shape index (κ2) is 8.04. The van der Waals surface area contributed by atoms with Gasteiger partial charge >= 0.3 is 0 Å². The molecule has 1 N–H and O–H groups in total. The third-order valence-corrected chi connectivity index (χ3v) is 3.40. The summed E-state index contributed by atoms with van der Waals surface area (Å²) >= 11 is 0. The molecule has 3 nitrogen and oxygen atoms in total. The lowest BCUT2D eigenvalue weighted by Crippen LogP contribution is -2.40. The molecule has 0 rings (SSSR count). The first-order valence-electron chi connectivity index (χ1n) is 6.40. The zero-order valence-corrected chi connectivity index (χ0v) is 11.6. The fourth-order valence-corrected chi connectivity index (χ4v) is 1.93. The number of aliphatic hydroxyl groups excluding tert-OH is 1. The summed E-state index contributed by atoms with van der Waals surface area (Å²) in [4.78, 5) is 2.38. The smallest absolute Gasteiger partial charge is 0.0634 e. The number of aliphatic hydroxyl groups is 1. The van der Waals surface area contributed by atoms with Crippen LogP contribution in [-0.4, -0.2) is 48.5 Å². The lowest BCUT2D eigenvalue weighted by Gasteiger charge is -2.33. The fourth-order valence-electron chi connectivity index (χ4n) is 1.93. The molecule has 0 spiro atoms. The van der Waals surface area contributed by atoms with Gasteiger partial charge in [0, 0.05) is 26.2 Å². The van der Waals surface area contributed by atoms with Crippen LogP contribution in [0.4, 0.5) is 0 Å². The van der Waals surface area contributed by atoms with E-state index in [1.807, 2.05) is 0 Å². The highest BCUT2D eigenvalue weighted by atomic mass is 16.5. The van der Waals surface area contributed by atoms with E-state index in [2.05, 4.69) is 32.6 Å². The third-order valence-electron chi connectivity index (χ3n) is 3.40. The molecule has 0 aromatic rings. The van der Waals surface area contributed by atoms with E-state index in [0.717, 1.165) is 32.4 Å². The van der Waals surface area contributed by atoms with Gasteiger partial charge in [-0.15, -0.1) is 0 Å². The molecule has 98 valence electrons. The molecule has 0 aromatic carbocycles. The maximum atomic E-state index is 9.09. The summed E-state index contributed by atoms with van der Waals surface area (Å²) in [5, 5.41) is 9.09. The van der Waals surface area contributed by atoms with Crippen LogP contribution in [0.25, 0.3) is 0 Å². The Morgan fingerprint density at radius 1 is 1.19 bits per heavy atom. The summed E-state index contributed by atoms with van der Waals surface area (Å²) < 4.78 is 5.42. The average molecular weight is 231 g/mol. The molecular weight excluding hydrogens is 202 g/mol. The van der Waals surface area contributed by atoms with Crippen LogP contribution in [0.5, 0.6) is 0 Å². The molecule has 3 heteroatoms. The largest absolute Gasteiger partial charge is 0.395 e. The molecule has 0 heterocycles. The zero-order valence-electron chi connectivity index (χ0n) is 11.6. The number of nitrogens with zero attached hydrogens (tertiary/aromatic N) is 1. The maximum absolute atomic E-state index is 9.09. The van der Waals surface area contributed by atoms with Gasteiger partial charge in [0.2, 0.25) is 0 Å². The van der Waals surface area contributed by atoms with Crippen molar-refractivity contribution in [1.82, 2.24) is 4.90 Å². The Morgan fingerprint density at radius 3 is 2.12 bits per heavy atom. The summed E-state index contributed by atoms with van der Waals surface area (Å²) in [6, 6.07) is 0.583. The first-order valence-corrected chi connectivity index (χ1v) is 6.40. The number of hydrogen-bond acceptors (Lipinski definition) is 3. The van der Waals surface area contributed by atoms with Crippen molar-refractivity contribution in [2.75, 3.05) is 26.8 Å². The molecule has 0 radical (unpaired) electrons. The van der Waals surface area contributed by atoms with Gasteiger partial charge in [-0.1, -0.05) is 13.8 Å². The van der Waals surface area contributed by atoms with Crippen LogP contribution in [0.15, 0.2) is 0 Å². The van der Waals surface area contributed by atoms with Crippen molar-refractivity contribution in [3.05, 3.63) is 0 Å². The first kappa shape index (κ1) is 15.9. The molecule has 0 aliphatic carbocycles. The normalized spacial score (nSPS) is 12.8. The van der Waals surface area contributed by atoms with Gasteiger partial charge in [-0.2, -0.15) is 0 Å². The van der Waals surface area contributed by atoms with Gasteiger partial charge in [0.1, 0.15) is 0 Å². The first-order chi connectivity index (χ1) is 7.50. The quantitative estimate of drug-likeness (QED) is 0.661. The Balaban J connectivity index is 4.22. The average Bonchev–Trinajstić information content (AvgIpc) is 2.27. The van der Waals surface area contributed by atoms with Gasteiger partial charge in [-0.05, 0) is 33.1 Å². The van der Waals surface area contributed by atoms with Crippen LogP contribution >= 0.6 is 0 Å². The molecule has 0 saturated heterocycles. The van der Waals surface area contributed by atoms with Gasteiger partial charge < -0.3 is 9.84 Å². The Hall–Kier alpha value is -0.120. The van der Waals surface area contributed by atoms with Crippen LogP contribution < -0.4 is 0 Å². The monoisotopic (exact) mass is 231 g/mol.